The molecule has 0 fully saturated rings. The van der Waals surface area contributed by atoms with Crippen LogP contribution in [-0.2, 0) is 16.4 Å². The van der Waals surface area contributed by atoms with Crippen LogP contribution in [0.3, 0.4) is 0 Å². The van der Waals surface area contributed by atoms with Crippen molar-refractivity contribution in [3.05, 3.63) is 17.5 Å². The third kappa shape index (κ3) is 2.79. The maximum Gasteiger partial charge on any atom is 0.236 e. The van der Waals surface area contributed by atoms with Crippen LogP contribution in [0, 0.1) is 5.92 Å². The summed E-state index contributed by atoms with van der Waals surface area (Å²) in [6.45, 7) is 1.96. The van der Waals surface area contributed by atoms with Gasteiger partial charge < -0.3 is 0 Å². The Kier molecular flexibility index (Phi) is 2.86. The van der Waals surface area contributed by atoms with Gasteiger partial charge in [0.05, 0.1) is 17.5 Å². The summed E-state index contributed by atoms with van der Waals surface area (Å²) in [5.41, 5.74) is 1.12. The van der Waals surface area contributed by atoms with Gasteiger partial charge >= 0.3 is 0 Å². The zero-order chi connectivity index (χ0) is 12.6. The Hall–Kier alpha value is -1.50. The Morgan fingerprint density at radius 2 is 2.12 bits per heavy atom. The summed E-state index contributed by atoms with van der Waals surface area (Å²) in [7, 11) is -3.39. The van der Waals surface area contributed by atoms with Gasteiger partial charge in [0.1, 0.15) is 0 Å². The van der Waals surface area contributed by atoms with Gasteiger partial charge in [-0.15, -0.1) is 0 Å². The second-order valence-electron chi connectivity index (χ2n) is 4.36. The summed E-state index contributed by atoms with van der Waals surface area (Å²) in [6.07, 6.45) is 3.59. The Balaban J connectivity index is 2.37. The number of rotatable bonds is 2. The summed E-state index contributed by atoms with van der Waals surface area (Å²) in [5.74, 6) is 0.272. The summed E-state index contributed by atoms with van der Waals surface area (Å²) in [5, 5.41) is 0. The van der Waals surface area contributed by atoms with Gasteiger partial charge in [0.25, 0.3) is 0 Å². The molecule has 17 heavy (non-hydrogen) atoms. The molecule has 1 unspecified atom stereocenters. The molecule has 1 aliphatic rings. The third-order valence-electron chi connectivity index (χ3n) is 2.52. The SMILES string of the molecule is CC1CC(=O)c2cnc(NS(C)(=O)=O)nc2C1. The number of sulfonamides is 1. The van der Waals surface area contributed by atoms with Gasteiger partial charge in [-0.3, -0.25) is 9.52 Å². The number of fused-ring (bicyclic) bond motifs is 1. The van der Waals surface area contributed by atoms with E-state index in [2.05, 4.69) is 14.7 Å². The van der Waals surface area contributed by atoms with Crippen molar-refractivity contribution in [3.63, 3.8) is 0 Å². The van der Waals surface area contributed by atoms with E-state index >= 15 is 0 Å². The van der Waals surface area contributed by atoms with E-state index in [9.17, 15) is 13.2 Å². The summed E-state index contributed by atoms with van der Waals surface area (Å²) in [6, 6.07) is 0. The first-order valence-corrected chi connectivity index (χ1v) is 7.11. The van der Waals surface area contributed by atoms with Gasteiger partial charge in [0.2, 0.25) is 16.0 Å². The molecule has 1 atom stereocenters. The van der Waals surface area contributed by atoms with Crippen LogP contribution in [0.4, 0.5) is 5.95 Å². The lowest BCUT2D eigenvalue weighted by atomic mass is 9.88. The highest BCUT2D eigenvalue weighted by molar-refractivity contribution is 7.91. The van der Waals surface area contributed by atoms with Crippen molar-refractivity contribution in [2.24, 2.45) is 5.92 Å². The van der Waals surface area contributed by atoms with E-state index in [1.54, 1.807) is 0 Å². The van der Waals surface area contributed by atoms with Crippen LogP contribution in [0.5, 0.6) is 0 Å². The number of ketones is 1. The molecule has 0 aromatic carbocycles. The van der Waals surface area contributed by atoms with Gasteiger partial charge in [-0.05, 0) is 12.3 Å². The maximum atomic E-state index is 11.7. The molecular formula is C10H13N3O3S. The molecule has 0 saturated heterocycles. The largest absolute Gasteiger partial charge is 0.294 e. The number of carbonyl (C=O) groups is 1. The van der Waals surface area contributed by atoms with Crippen LogP contribution in [-0.4, -0.2) is 30.4 Å². The zero-order valence-corrected chi connectivity index (χ0v) is 10.4. The molecule has 0 aliphatic heterocycles. The molecule has 1 aromatic rings. The van der Waals surface area contributed by atoms with E-state index in [0.29, 0.717) is 24.1 Å². The van der Waals surface area contributed by atoms with E-state index in [0.717, 1.165) is 6.26 Å². The minimum atomic E-state index is -3.39. The van der Waals surface area contributed by atoms with E-state index in [1.165, 1.54) is 6.20 Å². The Morgan fingerprint density at radius 3 is 2.76 bits per heavy atom. The first-order chi connectivity index (χ1) is 7.85. The molecule has 6 nitrogen and oxygen atoms in total. The molecule has 1 aliphatic carbocycles. The van der Waals surface area contributed by atoms with Crippen molar-refractivity contribution in [1.29, 1.82) is 0 Å². The van der Waals surface area contributed by atoms with Crippen molar-refractivity contribution >= 4 is 21.8 Å². The molecule has 0 saturated carbocycles. The molecule has 0 bridgehead atoms. The quantitative estimate of drug-likeness (QED) is 0.836. The number of hydrogen-bond acceptors (Lipinski definition) is 5. The van der Waals surface area contributed by atoms with Crippen LogP contribution >= 0.6 is 0 Å². The van der Waals surface area contributed by atoms with E-state index < -0.39 is 10.0 Å². The lowest BCUT2D eigenvalue weighted by Gasteiger charge is -2.19. The summed E-state index contributed by atoms with van der Waals surface area (Å²) in [4.78, 5) is 19.6. The molecule has 7 heteroatoms. The predicted octanol–water partition coefficient (Wildman–Crippen LogP) is 0.613. The van der Waals surface area contributed by atoms with Gasteiger partial charge in [-0.25, -0.2) is 18.4 Å². The molecule has 92 valence electrons. The maximum absolute atomic E-state index is 11.7. The van der Waals surface area contributed by atoms with E-state index in [-0.39, 0.29) is 17.6 Å². The van der Waals surface area contributed by atoms with Gasteiger partial charge in [0, 0.05) is 12.6 Å². The average Bonchev–Trinajstić information content (AvgIpc) is 2.13. The topological polar surface area (TPSA) is 89.0 Å². The predicted molar refractivity (Wildman–Crippen MR) is 62.3 cm³/mol. The monoisotopic (exact) mass is 255 g/mol. The van der Waals surface area contributed by atoms with Crippen molar-refractivity contribution in [2.45, 2.75) is 19.8 Å². The first-order valence-electron chi connectivity index (χ1n) is 5.22. The number of Topliss-reactive ketones (excluding diaryl/α,β-unsaturated/α-hetero) is 1. The number of aromatic nitrogens is 2. The minimum absolute atomic E-state index is 0.0182. The highest BCUT2D eigenvalue weighted by Gasteiger charge is 2.24. The number of hydrogen-bond donors (Lipinski definition) is 1. The molecule has 2 rings (SSSR count). The highest BCUT2D eigenvalue weighted by atomic mass is 32.2. The summed E-state index contributed by atoms with van der Waals surface area (Å²) >= 11 is 0. The van der Waals surface area contributed by atoms with Crippen molar-refractivity contribution < 1.29 is 13.2 Å². The van der Waals surface area contributed by atoms with E-state index in [4.69, 9.17) is 0 Å². The molecule has 1 aromatic heterocycles. The molecule has 1 heterocycles. The lowest BCUT2D eigenvalue weighted by molar-refractivity contribution is 0.0951. The minimum Gasteiger partial charge on any atom is -0.294 e. The molecule has 1 N–H and O–H groups in total. The van der Waals surface area contributed by atoms with Gasteiger partial charge in [-0.1, -0.05) is 6.92 Å². The van der Waals surface area contributed by atoms with Crippen LogP contribution in [0.25, 0.3) is 0 Å². The lowest BCUT2D eigenvalue weighted by Crippen LogP contribution is -2.21. The van der Waals surface area contributed by atoms with Crippen LogP contribution in [0.2, 0.25) is 0 Å². The summed E-state index contributed by atoms with van der Waals surface area (Å²) < 4.78 is 24.3. The number of anilines is 1. The van der Waals surface area contributed by atoms with Gasteiger partial charge in [-0.2, -0.15) is 0 Å². The first kappa shape index (κ1) is 12.0. The number of nitrogens with zero attached hydrogens (tertiary/aromatic N) is 2. The fourth-order valence-corrected chi connectivity index (χ4v) is 2.28. The van der Waals surface area contributed by atoms with Crippen molar-refractivity contribution in [2.75, 3.05) is 11.0 Å². The second kappa shape index (κ2) is 4.06. The average molecular weight is 255 g/mol. The second-order valence-corrected chi connectivity index (χ2v) is 6.11. The van der Waals surface area contributed by atoms with Crippen molar-refractivity contribution in [1.82, 2.24) is 9.97 Å². The number of nitrogens with one attached hydrogen (secondary N) is 1. The van der Waals surface area contributed by atoms with Gasteiger partial charge in [0.15, 0.2) is 5.78 Å². The Bertz CT molecular complexity index is 568. The fourth-order valence-electron chi connectivity index (χ4n) is 1.85. The van der Waals surface area contributed by atoms with E-state index in [1.807, 2.05) is 6.92 Å². The standard InChI is InChI=1S/C10H13N3O3S/c1-6-3-8-7(9(14)4-6)5-11-10(12-8)13-17(2,15)16/h5-6H,3-4H2,1-2H3,(H,11,12,13). The normalized spacial score (nSPS) is 19.9. The van der Waals surface area contributed by atoms with Crippen LogP contribution in [0.15, 0.2) is 6.20 Å². The van der Waals surface area contributed by atoms with Crippen LogP contribution in [0.1, 0.15) is 29.4 Å². The third-order valence-corrected chi connectivity index (χ3v) is 3.07. The van der Waals surface area contributed by atoms with Crippen molar-refractivity contribution in [3.8, 4) is 0 Å². The smallest absolute Gasteiger partial charge is 0.236 e. The molecular weight excluding hydrogens is 242 g/mol. The van der Waals surface area contributed by atoms with Crippen LogP contribution < -0.4 is 4.72 Å². The molecule has 0 amide bonds. The fraction of sp³-hybridized carbons (Fsp3) is 0.500. The highest BCUT2D eigenvalue weighted by Crippen LogP contribution is 2.24. The molecule has 0 radical (unpaired) electrons. The molecule has 0 spiro atoms. The number of carbonyl (C=O) groups excluding carboxylic acids is 1. The Labute approximate surface area is 99.5 Å². The Morgan fingerprint density at radius 1 is 1.41 bits per heavy atom. The zero-order valence-electron chi connectivity index (χ0n) is 9.60.